The number of carbonyl (C=O) groups is 1. The van der Waals surface area contributed by atoms with Crippen LogP contribution >= 0.6 is 0 Å². The van der Waals surface area contributed by atoms with E-state index in [0.717, 1.165) is 32.1 Å². The van der Waals surface area contributed by atoms with Crippen molar-refractivity contribution in [2.75, 3.05) is 32.7 Å². The molecule has 7 nitrogen and oxygen atoms in total. The Morgan fingerprint density at radius 2 is 1.80 bits per heavy atom. The van der Waals surface area contributed by atoms with Crippen LogP contribution in [0.15, 0.2) is 40.9 Å². The highest BCUT2D eigenvalue weighted by atomic mass is 32.2. The van der Waals surface area contributed by atoms with E-state index in [1.54, 1.807) is 0 Å². The minimum absolute atomic E-state index is 0.147. The van der Waals surface area contributed by atoms with E-state index in [0.29, 0.717) is 44.3 Å². The summed E-state index contributed by atoms with van der Waals surface area (Å²) in [6, 6.07) is 8.37. The zero-order valence-electron chi connectivity index (χ0n) is 17.2. The van der Waals surface area contributed by atoms with Crippen LogP contribution in [0, 0.1) is 11.3 Å². The Kier molecular flexibility index (Phi) is 6.23. The molecule has 3 aliphatic rings. The Morgan fingerprint density at radius 3 is 2.37 bits per heavy atom. The number of hydrogen-bond donors (Lipinski definition) is 0. The molecule has 1 aromatic carbocycles. The maximum Gasteiger partial charge on any atom is 0.243 e. The lowest BCUT2D eigenvalue weighted by molar-refractivity contribution is -0.131. The molecular weight excluding hydrogens is 400 g/mol. The monoisotopic (exact) mass is 428 g/mol. The van der Waals surface area contributed by atoms with E-state index >= 15 is 0 Å². The highest BCUT2D eigenvalue weighted by Crippen LogP contribution is 2.34. The van der Waals surface area contributed by atoms with Crippen LogP contribution in [0.3, 0.4) is 0 Å². The Morgan fingerprint density at radius 1 is 1.10 bits per heavy atom. The Bertz CT molecular complexity index is 953. The Hall–Kier alpha value is -2.21. The predicted molar refractivity (Wildman–Crippen MR) is 113 cm³/mol. The number of sulfonamides is 1. The average molecular weight is 429 g/mol. The first-order valence-electron chi connectivity index (χ1n) is 10.7. The summed E-state index contributed by atoms with van der Waals surface area (Å²) in [5.74, 6) is 0.147. The smallest absolute Gasteiger partial charge is 0.243 e. The molecule has 1 heterocycles. The number of allylic oxidation sites excluding steroid dienone is 2. The van der Waals surface area contributed by atoms with E-state index in [9.17, 15) is 13.2 Å². The Balaban J connectivity index is 1.35. The highest BCUT2D eigenvalue weighted by molar-refractivity contribution is 7.89. The van der Waals surface area contributed by atoms with Crippen molar-refractivity contribution in [1.29, 1.82) is 5.26 Å². The van der Waals surface area contributed by atoms with Crippen molar-refractivity contribution < 1.29 is 13.2 Å². The quantitative estimate of drug-likeness (QED) is 0.694. The van der Waals surface area contributed by atoms with Crippen molar-refractivity contribution in [2.24, 2.45) is 0 Å². The number of amides is 1. The van der Waals surface area contributed by atoms with Gasteiger partial charge in [-0.1, -0.05) is 6.08 Å². The third-order valence-corrected chi connectivity index (χ3v) is 7.98. The minimum atomic E-state index is -3.58. The molecule has 2 fully saturated rings. The van der Waals surface area contributed by atoms with Crippen LogP contribution in [0.5, 0.6) is 0 Å². The molecular formula is C22H28N4O3S. The summed E-state index contributed by atoms with van der Waals surface area (Å²) in [5, 5.41) is 8.89. The van der Waals surface area contributed by atoms with Gasteiger partial charge >= 0.3 is 0 Å². The van der Waals surface area contributed by atoms with Crippen LogP contribution < -0.4 is 0 Å². The van der Waals surface area contributed by atoms with Gasteiger partial charge in [-0.2, -0.15) is 9.57 Å². The fourth-order valence-corrected chi connectivity index (χ4v) is 5.64. The van der Waals surface area contributed by atoms with Crippen molar-refractivity contribution >= 4 is 15.9 Å². The molecule has 8 heteroatoms. The molecule has 1 aliphatic heterocycles. The van der Waals surface area contributed by atoms with Gasteiger partial charge in [0.15, 0.2) is 0 Å². The molecule has 1 saturated carbocycles. The molecule has 1 aromatic rings. The van der Waals surface area contributed by atoms with Gasteiger partial charge in [-0.15, -0.1) is 0 Å². The first-order valence-corrected chi connectivity index (χ1v) is 12.2. The summed E-state index contributed by atoms with van der Waals surface area (Å²) in [6.07, 6.45) is 8.78. The summed E-state index contributed by atoms with van der Waals surface area (Å²) >= 11 is 0. The van der Waals surface area contributed by atoms with Gasteiger partial charge in [-0.25, -0.2) is 8.42 Å². The highest BCUT2D eigenvalue weighted by Gasteiger charge is 2.36. The molecule has 0 N–H and O–H groups in total. The van der Waals surface area contributed by atoms with Crippen LogP contribution in [0.2, 0.25) is 0 Å². The molecule has 0 spiro atoms. The molecule has 160 valence electrons. The van der Waals surface area contributed by atoms with E-state index in [-0.39, 0.29) is 10.8 Å². The zero-order chi connectivity index (χ0) is 21.1. The SMILES string of the molecule is N#Cc1ccc(S(=O)(=O)N2CCN(CC(=O)N(C3=CCCCC3)C3CC3)CC2)cc1. The molecule has 0 bridgehead atoms. The molecule has 1 amide bonds. The molecule has 1 saturated heterocycles. The van der Waals surface area contributed by atoms with Gasteiger partial charge < -0.3 is 4.90 Å². The van der Waals surface area contributed by atoms with Crippen molar-refractivity contribution in [2.45, 2.75) is 49.5 Å². The van der Waals surface area contributed by atoms with Crippen molar-refractivity contribution in [3.63, 3.8) is 0 Å². The number of hydrogen-bond acceptors (Lipinski definition) is 5. The van der Waals surface area contributed by atoms with Gasteiger partial charge in [0.25, 0.3) is 0 Å². The number of nitrogens with zero attached hydrogens (tertiary/aromatic N) is 4. The molecule has 0 unspecified atom stereocenters. The van der Waals surface area contributed by atoms with Crippen LogP contribution in [0.1, 0.15) is 44.1 Å². The van der Waals surface area contributed by atoms with Crippen LogP contribution in [-0.4, -0.2) is 67.2 Å². The van der Waals surface area contributed by atoms with Gasteiger partial charge in [0.05, 0.1) is 23.1 Å². The van der Waals surface area contributed by atoms with E-state index in [4.69, 9.17) is 5.26 Å². The fraction of sp³-hybridized carbons (Fsp3) is 0.545. The van der Waals surface area contributed by atoms with E-state index in [1.165, 1.54) is 40.7 Å². The second kappa shape index (κ2) is 8.88. The third kappa shape index (κ3) is 4.59. The lowest BCUT2D eigenvalue weighted by Crippen LogP contribution is -2.51. The van der Waals surface area contributed by atoms with Crippen molar-refractivity contribution in [3.05, 3.63) is 41.6 Å². The lowest BCUT2D eigenvalue weighted by Gasteiger charge is -2.35. The summed E-state index contributed by atoms with van der Waals surface area (Å²) in [4.78, 5) is 17.3. The Labute approximate surface area is 178 Å². The first-order chi connectivity index (χ1) is 14.5. The van der Waals surface area contributed by atoms with Gasteiger partial charge in [-0.05, 0) is 62.8 Å². The number of nitriles is 1. The second-order valence-corrected chi connectivity index (χ2v) is 10.2. The number of piperazine rings is 1. The molecule has 0 radical (unpaired) electrons. The van der Waals surface area contributed by atoms with Crippen molar-refractivity contribution in [1.82, 2.24) is 14.1 Å². The number of carbonyl (C=O) groups excluding carboxylic acids is 1. The average Bonchev–Trinajstić information content (AvgIpc) is 3.60. The number of rotatable bonds is 6. The van der Waals surface area contributed by atoms with Crippen LogP contribution in [-0.2, 0) is 14.8 Å². The summed E-state index contributed by atoms with van der Waals surface area (Å²) in [7, 11) is -3.58. The van der Waals surface area contributed by atoms with E-state index in [2.05, 4.69) is 11.0 Å². The lowest BCUT2D eigenvalue weighted by atomic mass is 10.0. The van der Waals surface area contributed by atoms with Gasteiger partial charge in [-0.3, -0.25) is 9.69 Å². The molecule has 0 atom stereocenters. The number of benzene rings is 1. The fourth-order valence-electron chi connectivity index (χ4n) is 4.22. The van der Waals surface area contributed by atoms with Gasteiger partial charge in [0, 0.05) is 37.9 Å². The van der Waals surface area contributed by atoms with E-state index < -0.39 is 10.0 Å². The molecule has 30 heavy (non-hydrogen) atoms. The standard InChI is InChI=1S/C22H28N4O3S/c23-16-18-6-10-21(11-7-18)30(28,29)25-14-12-24(13-15-25)17-22(27)26(20-8-9-20)19-4-2-1-3-5-19/h4,6-7,10-11,20H,1-3,5,8-9,12-15,17H2. The molecule has 0 aromatic heterocycles. The largest absolute Gasteiger partial charge is 0.312 e. The summed E-state index contributed by atoms with van der Waals surface area (Å²) in [6.45, 7) is 2.15. The first kappa shape index (κ1) is 21.0. The topological polar surface area (TPSA) is 84.7 Å². The van der Waals surface area contributed by atoms with Crippen LogP contribution in [0.25, 0.3) is 0 Å². The summed E-state index contributed by atoms with van der Waals surface area (Å²) in [5.41, 5.74) is 1.63. The van der Waals surface area contributed by atoms with Crippen molar-refractivity contribution in [3.8, 4) is 6.07 Å². The maximum absolute atomic E-state index is 13.0. The normalized spacial score (nSPS) is 21.0. The maximum atomic E-state index is 13.0. The molecule has 4 rings (SSSR count). The second-order valence-electron chi connectivity index (χ2n) is 8.25. The van der Waals surface area contributed by atoms with E-state index in [1.807, 2.05) is 11.0 Å². The van der Waals surface area contributed by atoms with Crippen LogP contribution in [0.4, 0.5) is 0 Å². The zero-order valence-corrected chi connectivity index (χ0v) is 18.0. The summed E-state index contributed by atoms with van der Waals surface area (Å²) < 4.78 is 27.2. The molecule has 2 aliphatic carbocycles. The van der Waals surface area contributed by atoms with Gasteiger partial charge in [0.2, 0.25) is 15.9 Å². The third-order valence-electron chi connectivity index (χ3n) is 6.07. The minimum Gasteiger partial charge on any atom is -0.312 e. The van der Waals surface area contributed by atoms with Gasteiger partial charge in [0.1, 0.15) is 0 Å². The predicted octanol–water partition coefficient (Wildman–Crippen LogP) is 2.31.